The smallest absolute Gasteiger partial charge is 0.287 e. The van der Waals surface area contributed by atoms with E-state index in [2.05, 4.69) is 31.2 Å². The van der Waals surface area contributed by atoms with Crippen molar-refractivity contribution in [2.24, 2.45) is 0 Å². The summed E-state index contributed by atoms with van der Waals surface area (Å²) in [6, 6.07) is 6.23. The van der Waals surface area contributed by atoms with Crippen molar-refractivity contribution in [2.45, 2.75) is 13.8 Å². The Morgan fingerprint density at radius 3 is 2.86 bits per heavy atom. The summed E-state index contributed by atoms with van der Waals surface area (Å²) in [7, 11) is 0. The number of halogens is 1. The standard InChI is InChI=1S/C13H13BrN4O3/c1-3-15-13-16-8(2)7-11(17-13)21-10-6-4-5-9(12(10)14)18(19)20/h4-7H,3H2,1-2H3,(H,15,16,17). The van der Waals surface area contributed by atoms with Gasteiger partial charge in [0.2, 0.25) is 11.8 Å². The molecule has 0 amide bonds. The Bertz CT molecular complexity index is 678. The summed E-state index contributed by atoms with van der Waals surface area (Å²) >= 11 is 3.18. The highest BCUT2D eigenvalue weighted by molar-refractivity contribution is 9.10. The number of hydrogen-bond donors (Lipinski definition) is 1. The molecule has 0 atom stereocenters. The molecule has 0 saturated carbocycles. The van der Waals surface area contributed by atoms with Crippen LogP contribution in [-0.2, 0) is 0 Å². The Balaban J connectivity index is 2.34. The van der Waals surface area contributed by atoms with Crippen LogP contribution < -0.4 is 10.1 Å². The van der Waals surface area contributed by atoms with E-state index in [1.807, 2.05) is 13.8 Å². The summed E-state index contributed by atoms with van der Waals surface area (Å²) in [6.07, 6.45) is 0. The van der Waals surface area contributed by atoms with E-state index >= 15 is 0 Å². The second kappa shape index (κ2) is 6.49. The number of nitro groups is 1. The highest BCUT2D eigenvalue weighted by atomic mass is 79.9. The number of nitrogens with zero attached hydrogens (tertiary/aromatic N) is 3. The summed E-state index contributed by atoms with van der Waals surface area (Å²) in [4.78, 5) is 18.8. The maximum atomic E-state index is 10.9. The quantitative estimate of drug-likeness (QED) is 0.651. The van der Waals surface area contributed by atoms with E-state index in [1.54, 1.807) is 18.2 Å². The second-order valence-corrected chi connectivity index (χ2v) is 4.94. The largest absolute Gasteiger partial charge is 0.437 e. The monoisotopic (exact) mass is 352 g/mol. The van der Waals surface area contributed by atoms with Gasteiger partial charge in [-0.1, -0.05) is 6.07 Å². The minimum Gasteiger partial charge on any atom is -0.437 e. The molecule has 2 aromatic rings. The van der Waals surface area contributed by atoms with Gasteiger partial charge in [-0.25, -0.2) is 4.98 Å². The summed E-state index contributed by atoms with van der Waals surface area (Å²) in [6.45, 7) is 4.44. The lowest BCUT2D eigenvalue weighted by molar-refractivity contribution is -0.385. The van der Waals surface area contributed by atoms with Gasteiger partial charge in [0.15, 0.2) is 5.75 Å². The van der Waals surface area contributed by atoms with E-state index in [1.165, 1.54) is 6.07 Å². The average molecular weight is 353 g/mol. The van der Waals surface area contributed by atoms with Crippen molar-refractivity contribution in [3.63, 3.8) is 0 Å². The van der Waals surface area contributed by atoms with Gasteiger partial charge in [-0.3, -0.25) is 10.1 Å². The minimum atomic E-state index is -0.480. The van der Waals surface area contributed by atoms with Crippen LogP contribution in [0.15, 0.2) is 28.7 Å². The van der Waals surface area contributed by atoms with Crippen molar-refractivity contribution in [2.75, 3.05) is 11.9 Å². The van der Waals surface area contributed by atoms with Crippen LogP contribution in [-0.4, -0.2) is 21.4 Å². The molecule has 0 bridgehead atoms. The van der Waals surface area contributed by atoms with Crippen molar-refractivity contribution < 1.29 is 9.66 Å². The van der Waals surface area contributed by atoms with Crippen molar-refractivity contribution in [1.82, 2.24) is 9.97 Å². The van der Waals surface area contributed by atoms with Crippen LogP contribution >= 0.6 is 15.9 Å². The molecule has 1 heterocycles. The lowest BCUT2D eigenvalue weighted by Gasteiger charge is -2.09. The van der Waals surface area contributed by atoms with Crippen LogP contribution in [0, 0.1) is 17.0 Å². The maximum Gasteiger partial charge on any atom is 0.287 e. The fraction of sp³-hybridized carbons (Fsp3) is 0.231. The molecule has 0 fully saturated rings. The molecule has 0 unspecified atom stereocenters. The van der Waals surface area contributed by atoms with Crippen LogP contribution in [0.1, 0.15) is 12.6 Å². The molecule has 1 aromatic carbocycles. The first kappa shape index (κ1) is 15.2. The van der Waals surface area contributed by atoms with Crippen LogP contribution in [0.4, 0.5) is 11.6 Å². The van der Waals surface area contributed by atoms with Crippen molar-refractivity contribution in [3.05, 3.63) is 44.5 Å². The van der Waals surface area contributed by atoms with Gasteiger partial charge < -0.3 is 10.1 Å². The van der Waals surface area contributed by atoms with Crippen LogP contribution in [0.5, 0.6) is 11.6 Å². The number of rotatable bonds is 5. The molecule has 0 aliphatic carbocycles. The number of nitro benzene ring substituents is 1. The molecule has 0 spiro atoms. The molecule has 2 rings (SSSR count). The van der Waals surface area contributed by atoms with Crippen molar-refractivity contribution in [1.29, 1.82) is 0 Å². The molecule has 0 saturated heterocycles. The van der Waals surface area contributed by atoms with Gasteiger partial charge in [-0.15, -0.1) is 0 Å². The molecule has 110 valence electrons. The number of nitrogens with one attached hydrogen (secondary N) is 1. The lowest BCUT2D eigenvalue weighted by Crippen LogP contribution is -2.04. The third kappa shape index (κ3) is 3.66. The topological polar surface area (TPSA) is 90.2 Å². The Morgan fingerprint density at radius 1 is 1.43 bits per heavy atom. The molecule has 0 aliphatic heterocycles. The van der Waals surface area contributed by atoms with Gasteiger partial charge in [0.05, 0.1) is 4.92 Å². The minimum absolute atomic E-state index is 0.0646. The SMILES string of the molecule is CCNc1nc(C)cc(Oc2cccc([N+](=O)[O-])c2Br)n1. The first-order chi connectivity index (χ1) is 10.0. The third-order valence-electron chi connectivity index (χ3n) is 2.52. The van der Waals surface area contributed by atoms with Gasteiger partial charge in [-0.05, 0) is 35.8 Å². The average Bonchev–Trinajstić information content (AvgIpc) is 2.40. The van der Waals surface area contributed by atoms with Crippen molar-refractivity contribution in [3.8, 4) is 11.6 Å². The van der Waals surface area contributed by atoms with E-state index in [9.17, 15) is 10.1 Å². The van der Waals surface area contributed by atoms with Crippen LogP contribution in [0.3, 0.4) is 0 Å². The first-order valence-electron chi connectivity index (χ1n) is 6.21. The Labute approximate surface area is 129 Å². The molecule has 0 radical (unpaired) electrons. The second-order valence-electron chi connectivity index (χ2n) is 4.15. The molecular formula is C13H13BrN4O3. The molecule has 21 heavy (non-hydrogen) atoms. The highest BCUT2D eigenvalue weighted by Gasteiger charge is 2.17. The zero-order valence-corrected chi connectivity index (χ0v) is 13.0. The fourth-order valence-electron chi connectivity index (χ4n) is 1.66. The highest BCUT2D eigenvalue weighted by Crippen LogP contribution is 2.36. The van der Waals surface area contributed by atoms with E-state index in [0.29, 0.717) is 24.1 Å². The molecule has 8 heteroatoms. The Hall–Kier alpha value is -2.22. The van der Waals surface area contributed by atoms with Gasteiger partial charge in [-0.2, -0.15) is 4.98 Å². The molecule has 1 aromatic heterocycles. The van der Waals surface area contributed by atoms with Crippen LogP contribution in [0.25, 0.3) is 0 Å². The van der Waals surface area contributed by atoms with Gasteiger partial charge in [0, 0.05) is 24.4 Å². The van der Waals surface area contributed by atoms with Crippen LogP contribution in [0.2, 0.25) is 0 Å². The Morgan fingerprint density at radius 2 is 2.19 bits per heavy atom. The number of aromatic nitrogens is 2. The number of aryl methyl sites for hydroxylation is 1. The third-order valence-corrected chi connectivity index (χ3v) is 3.32. The van der Waals surface area contributed by atoms with Crippen molar-refractivity contribution >= 4 is 27.6 Å². The van der Waals surface area contributed by atoms with E-state index in [4.69, 9.17) is 4.74 Å². The zero-order valence-electron chi connectivity index (χ0n) is 11.5. The summed E-state index contributed by atoms with van der Waals surface area (Å²) in [5, 5.41) is 13.9. The Kier molecular flexibility index (Phi) is 4.69. The maximum absolute atomic E-state index is 10.9. The lowest BCUT2D eigenvalue weighted by atomic mass is 10.3. The van der Waals surface area contributed by atoms with E-state index in [-0.39, 0.29) is 10.2 Å². The van der Waals surface area contributed by atoms with E-state index in [0.717, 1.165) is 5.69 Å². The number of ether oxygens (including phenoxy) is 1. The fourth-order valence-corrected chi connectivity index (χ4v) is 2.15. The van der Waals surface area contributed by atoms with Gasteiger partial charge in [0.1, 0.15) is 4.47 Å². The van der Waals surface area contributed by atoms with Gasteiger partial charge in [0.25, 0.3) is 5.69 Å². The first-order valence-corrected chi connectivity index (χ1v) is 7.01. The zero-order chi connectivity index (χ0) is 15.4. The number of anilines is 1. The molecule has 1 N–H and O–H groups in total. The predicted molar refractivity (Wildman–Crippen MR) is 81.8 cm³/mol. The predicted octanol–water partition coefficient (Wildman–Crippen LogP) is 3.68. The molecular weight excluding hydrogens is 340 g/mol. The molecule has 0 aliphatic rings. The number of benzene rings is 1. The summed E-state index contributed by atoms with van der Waals surface area (Å²) in [5.41, 5.74) is 0.669. The van der Waals surface area contributed by atoms with E-state index < -0.39 is 4.92 Å². The number of hydrogen-bond acceptors (Lipinski definition) is 6. The van der Waals surface area contributed by atoms with Gasteiger partial charge >= 0.3 is 0 Å². The summed E-state index contributed by atoms with van der Waals surface area (Å²) in [5.74, 6) is 1.10. The normalized spacial score (nSPS) is 10.2. The molecule has 7 nitrogen and oxygen atoms in total. The summed E-state index contributed by atoms with van der Waals surface area (Å²) < 4.78 is 5.90.